The van der Waals surface area contributed by atoms with Gasteiger partial charge in [0.25, 0.3) is 0 Å². The van der Waals surface area contributed by atoms with Crippen LogP contribution in [0.3, 0.4) is 0 Å². The summed E-state index contributed by atoms with van der Waals surface area (Å²) in [5.74, 6) is 0.995. The van der Waals surface area contributed by atoms with Crippen LogP contribution < -0.4 is 5.32 Å². The van der Waals surface area contributed by atoms with Crippen molar-refractivity contribution >= 4 is 0 Å². The topological polar surface area (TPSA) is 15.3 Å². The zero-order chi connectivity index (χ0) is 11.2. The monoisotopic (exact) mass is 224 g/mol. The van der Waals surface area contributed by atoms with Crippen molar-refractivity contribution in [3.63, 3.8) is 0 Å². The molecule has 0 radical (unpaired) electrons. The first-order chi connectivity index (χ1) is 7.88. The van der Waals surface area contributed by atoms with Gasteiger partial charge in [0, 0.05) is 19.1 Å². The van der Waals surface area contributed by atoms with Crippen molar-refractivity contribution < 1.29 is 0 Å². The molecule has 2 heteroatoms. The summed E-state index contributed by atoms with van der Waals surface area (Å²) in [6, 6.07) is 0.781. The lowest BCUT2D eigenvalue weighted by molar-refractivity contribution is 0.195. The quantitative estimate of drug-likeness (QED) is 0.772. The fraction of sp³-hybridized carbons (Fsp3) is 1.00. The zero-order valence-corrected chi connectivity index (χ0v) is 10.9. The van der Waals surface area contributed by atoms with Crippen LogP contribution in [-0.2, 0) is 0 Å². The third kappa shape index (κ3) is 3.74. The van der Waals surface area contributed by atoms with Crippen LogP contribution >= 0.6 is 0 Å². The Balaban J connectivity index is 1.70. The SMILES string of the molecule is CCN(CC1CCCCC1)CC1CCCN1. The molecule has 0 aromatic rings. The molecular weight excluding hydrogens is 196 g/mol. The van der Waals surface area contributed by atoms with Crippen molar-refractivity contribution in [1.82, 2.24) is 10.2 Å². The minimum atomic E-state index is 0.781. The van der Waals surface area contributed by atoms with Crippen LogP contribution in [0.25, 0.3) is 0 Å². The highest BCUT2D eigenvalue weighted by molar-refractivity contribution is 4.79. The van der Waals surface area contributed by atoms with Gasteiger partial charge in [-0.15, -0.1) is 0 Å². The van der Waals surface area contributed by atoms with Gasteiger partial charge in [-0.25, -0.2) is 0 Å². The first-order valence-electron chi connectivity index (χ1n) is 7.34. The summed E-state index contributed by atoms with van der Waals surface area (Å²) >= 11 is 0. The number of nitrogens with zero attached hydrogens (tertiary/aromatic N) is 1. The summed E-state index contributed by atoms with van der Waals surface area (Å²) in [5, 5.41) is 3.62. The Hall–Kier alpha value is -0.0800. The second-order valence-corrected chi connectivity index (χ2v) is 5.65. The molecule has 1 saturated carbocycles. The number of nitrogens with one attached hydrogen (secondary N) is 1. The molecular formula is C14H28N2. The van der Waals surface area contributed by atoms with E-state index in [9.17, 15) is 0 Å². The molecule has 1 aliphatic carbocycles. The molecule has 2 fully saturated rings. The summed E-state index contributed by atoms with van der Waals surface area (Å²) in [6.45, 7) is 7.43. The van der Waals surface area contributed by atoms with Gasteiger partial charge in [-0.2, -0.15) is 0 Å². The van der Waals surface area contributed by atoms with Crippen molar-refractivity contribution in [2.24, 2.45) is 5.92 Å². The van der Waals surface area contributed by atoms with E-state index in [1.165, 1.54) is 71.1 Å². The van der Waals surface area contributed by atoms with E-state index in [-0.39, 0.29) is 0 Å². The largest absolute Gasteiger partial charge is 0.313 e. The maximum atomic E-state index is 3.62. The molecule has 1 N–H and O–H groups in total. The van der Waals surface area contributed by atoms with E-state index in [1.54, 1.807) is 0 Å². The summed E-state index contributed by atoms with van der Waals surface area (Å²) in [4.78, 5) is 2.68. The van der Waals surface area contributed by atoms with E-state index < -0.39 is 0 Å². The molecule has 0 aromatic heterocycles. The Morgan fingerprint density at radius 2 is 1.81 bits per heavy atom. The molecule has 0 aromatic carbocycles. The Bertz CT molecular complexity index is 181. The lowest BCUT2D eigenvalue weighted by Gasteiger charge is -2.30. The second-order valence-electron chi connectivity index (χ2n) is 5.65. The lowest BCUT2D eigenvalue weighted by atomic mass is 9.89. The fourth-order valence-electron chi connectivity index (χ4n) is 3.29. The van der Waals surface area contributed by atoms with Crippen LogP contribution in [0, 0.1) is 5.92 Å². The zero-order valence-electron chi connectivity index (χ0n) is 10.9. The van der Waals surface area contributed by atoms with E-state index in [0.717, 1.165) is 12.0 Å². The summed E-state index contributed by atoms with van der Waals surface area (Å²) in [5.41, 5.74) is 0. The maximum Gasteiger partial charge on any atom is 0.0195 e. The summed E-state index contributed by atoms with van der Waals surface area (Å²) < 4.78 is 0. The van der Waals surface area contributed by atoms with E-state index in [0.29, 0.717) is 0 Å². The fourth-order valence-corrected chi connectivity index (χ4v) is 3.29. The third-order valence-corrected chi connectivity index (χ3v) is 4.33. The van der Waals surface area contributed by atoms with E-state index in [1.807, 2.05) is 0 Å². The third-order valence-electron chi connectivity index (χ3n) is 4.33. The standard InChI is InChI=1S/C14H28N2/c1-2-16(12-14-9-6-10-15-14)11-13-7-4-3-5-8-13/h13-15H,2-12H2,1H3. The molecule has 0 bridgehead atoms. The molecule has 1 saturated heterocycles. The van der Waals surface area contributed by atoms with Crippen molar-refractivity contribution in [3.05, 3.63) is 0 Å². The molecule has 0 spiro atoms. The average Bonchev–Trinajstić information content (AvgIpc) is 2.82. The van der Waals surface area contributed by atoms with Crippen LogP contribution in [-0.4, -0.2) is 37.1 Å². The Morgan fingerprint density at radius 3 is 2.44 bits per heavy atom. The van der Waals surface area contributed by atoms with Crippen LogP contribution in [0.2, 0.25) is 0 Å². The van der Waals surface area contributed by atoms with E-state index in [4.69, 9.17) is 0 Å². The predicted octanol–water partition coefficient (Wildman–Crippen LogP) is 2.64. The number of hydrogen-bond acceptors (Lipinski definition) is 2. The molecule has 0 amide bonds. The van der Waals surface area contributed by atoms with Crippen LogP contribution in [0.1, 0.15) is 51.9 Å². The molecule has 2 aliphatic rings. The number of likely N-dealkylation sites (N-methyl/N-ethyl adjacent to an activating group) is 1. The highest BCUT2D eigenvalue weighted by Crippen LogP contribution is 2.24. The van der Waals surface area contributed by atoms with Gasteiger partial charge < -0.3 is 10.2 Å². The van der Waals surface area contributed by atoms with Gasteiger partial charge in [0.15, 0.2) is 0 Å². The maximum absolute atomic E-state index is 3.62. The van der Waals surface area contributed by atoms with E-state index in [2.05, 4.69) is 17.1 Å². The van der Waals surface area contributed by atoms with Crippen molar-refractivity contribution in [1.29, 1.82) is 0 Å². The number of hydrogen-bond donors (Lipinski definition) is 1. The molecule has 1 heterocycles. The van der Waals surface area contributed by atoms with Crippen molar-refractivity contribution in [2.75, 3.05) is 26.2 Å². The van der Waals surface area contributed by atoms with Crippen LogP contribution in [0.15, 0.2) is 0 Å². The molecule has 1 unspecified atom stereocenters. The van der Waals surface area contributed by atoms with Gasteiger partial charge in [-0.1, -0.05) is 26.2 Å². The number of rotatable bonds is 5. The highest BCUT2D eigenvalue weighted by atomic mass is 15.1. The minimum absolute atomic E-state index is 0.781. The molecule has 2 nitrogen and oxygen atoms in total. The van der Waals surface area contributed by atoms with Gasteiger partial charge in [-0.3, -0.25) is 0 Å². The second kappa shape index (κ2) is 6.61. The normalized spacial score (nSPS) is 27.8. The van der Waals surface area contributed by atoms with Gasteiger partial charge in [0.2, 0.25) is 0 Å². The van der Waals surface area contributed by atoms with Gasteiger partial charge in [0.1, 0.15) is 0 Å². The molecule has 16 heavy (non-hydrogen) atoms. The first-order valence-corrected chi connectivity index (χ1v) is 7.34. The average molecular weight is 224 g/mol. The first kappa shape index (κ1) is 12.4. The van der Waals surface area contributed by atoms with Gasteiger partial charge >= 0.3 is 0 Å². The van der Waals surface area contributed by atoms with Crippen LogP contribution in [0.5, 0.6) is 0 Å². The molecule has 94 valence electrons. The Kier molecular flexibility index (Phi) is 5.11. The van der Waals surface area contributed by atoms with Gasteiger partial charge in [-0.05, 0) is 44.7 Å². The summed E-state index contributed by atoms with van der Waals surface area (Å²) in [6.07, 6.45) is 10.2. The Labute approximate surface area is 101 Å². The Morgan fingerprint density at radius 1 is 1.00 bits per heavy atom. The van der Waals surface area contributed by atoms with Crippen molar-refractivity contribution in [3.8, 4) is 0 Å². The summed E-state index contributed by atoms with van der Waals surface area (Å²) in [7, 11) is 0. The molecule has 2 rings (SSSR count). The molecule has 1 atom stereocenters. The smallest absolute Gasteiger partial charge is 0.0195 e. The molecule has 1 aliphatic heterocycles. The minimum Gasteiger partial charge on any atom is -0.313 e. The van der Waals surface area contributed by atoms with Gasteiger partial charge in [0.05, 0.1) is 0 Å². The van der Waals surface area contributed by atoms with E-state index >= 15 is 0 Å². The van der Waals surface area contributed by atoms with Crippen LogP contribution in [0.4, 0.5) is 0 Å². The van der Waals surface area contributed by atoms with Crippen molar-refractivity contribution in [2.45, 2.75) is 57.9 Å². The lowest BCUT2D eigenvalue weighted by Crippen LogP contribution is -2.40. The predicted molar refractivity (Wildman–Crippen MR) is 69.7 cm³/mol. The highest BCUT2D eigenvalue weighted by Gasteiger charge is 2.20.